The highest BCUT2D eigenvalue weighted by Crippen LogP contribution is 2.42. The zero-order valence-corrected chi connectivity index (χ0v) is 19.8. The number of ketones is 1. The van der Waals surface area contributed by atoms with Crippen molar-refractivity contribution in [3.63, 3.8) is 0 Å². The lowest BCUT2D eigenvalue weighted by molar-refractivity contribution is -0.145. The van der Waals surface area contributed by atoms with Crippen LogP contribution in [-0.2, 0) is 25.9 Å². The van der Waals surface area contributed by atoms with Gasteiger partial charge in [-0.1, -0.05) is 18.9 Å². The Balaban J connectivity index is 1.85. The Kier molecular flexibility index (Phi) is 6.46. The zero-order chi connectivity index (χ0) is 23.0. The smallest absolute Gasteiger partial charge is 0.328 e. The van der Waals surface area contributed by atoms with E-state index in [1.165, 1.54) is 0 Å². The number of sulfone groups is 1. The van der Waals surface area contributed by atoms with Crippen LogP contribution in [0.1, 0.15) is 65.5 Å². The first-order chi connectivity index (χ1) is 14.5. The molecule has 0 saturated heterocycles. The molecule has 1 aliphatic carbocycles. The Bertz CT molecular complexity index is 1120. The number of carbonyl (C=O) groups excluding carboxylic acids is 2. The second kappa shape index (κ2) is 8.61. The lowest BCUT2D eigenvalue weighted by Gasteiger charge is -2.26. The number of aromatic nitrogens is 1. The number of benzene rings is 1. The molecule has 7 heteroatoms. The van der Waals surface area contributed by atoms with Gasteiger partial charge in [0.05, 0.1) is 4.90 Å². The molecule has 6 nitrogen and oxygen atoms in total. The number of rotatable bonds is 7. The second-order valence-corrected chi connectivity index (χ2v) is 10.7. The number of hydrogen-bond acceptors (Lipinski definition) is 5. The topological polar surface area (TPSA) is 82.4 Å². The van der Waals surface area contributed by atoms with Gasteiger partial charge in [0, 0.05) is 23.5 Å². The van der Waals surface area contributed by atoms with Crippen LogP contribution in [0, 0.1) is 27.7 Å². The van der Waals surface area contributed by atoms with Crippen molar-refractivity contribution < 1.29 is 22.7 Å². The largest absolute Gasteiger partial charge is 0.456 e. The van der Waals surface area contributed by atoms with Gasteiger partial charge in [0.25, 0.3) is 0 Å². The fourth-order valence-electron chi connectivity index (χ4n) is 4.55. The molecule has 0 bridgehead atoms. The van der Waals surface area contributed by atoms with E-state index in [2.05, 4.69) is 0 Å². The molecule has 1 aromatic heterocycles. The van der Waals surface area contributed by atoms with Crippen LogP contribution in [-0.4, -0.2) is 36.1 Å². The first-order valence-electron chi connectivity index (χ1n) is 10.7. The molecule has 31 heavy (non-hydrogen) atoms. The van der Waals surface area contributed by atoms with Crippen LogP contribution in [0.5, 0.6) is 0 Å². The van der Waals surface area contributed by atoms with Gasteiger partial charge in [-0.2, -0.15) is 0 Å². The molecule has 1 aromatic carbocycles. The van der Waals surface area contributed by atoms with Gasteiger partial charge in [-0.25, -0.2) is 8.42 Å². The van der Waals surface area contributed by atoms with Crippen molar-refractivity contribution >= 4 is 21.6 Å². The number of esters is 1. The maximum Gasteiger partial charge on any atom is 0.328 e. The molecule has 2 aromatic rings. The third-order valence-electron chi connectivity index (χ3n) is 6.61. The molecule has 0 amide bonds. The van der Waals surface area contributed by atoms with E-state index in [4.69, 9.17) is 4.74 Å². The van der Waals surface area contributed by atoms with Crippen LogP contribution in [0.15, 0.2) is 29.2 Å². The second-order valence-electron chi connectivity index (χ2n) is 8.48. The molecular formula is C24H31NO5S. The van der Waals surface area contributed by atoms with Crippen LogP contribution in [0.4, 0.5) is 0 Å². The van der Waals surface area contributed by atoms with Crippen LogP contribution < -0.4 is 0 Å². The highest BCUT2D eigenvalue weighted by molar-refractivity contribution is 7.93. The molecule has 0 atom stereocenters. The van der Waals surface area contributed by atoms with Gasteiger partial charge < -0.3 is 9.30 Å². The molecule has 0 aliphatic heterocycles. The van der Waals surface area contributed by atoms with Gasteiger partial charge >= 0.3 is 5.97 Å². The number of aryl methyl sites for hydroxylation is 3. The fraction of sp³-hybridized carbons (Fsp3) is 0.500. The van der Waals surface area contributed by atoms with E-state index in [1.807, 2.05) is 39.2 Å². The molecule has 0 radical (unpaired) electrons. The standard InChI is InChI=1S/C24H31NO5S/c1-6-25-18(4)14-21(19(25)5)22(26)15-30-23(27)24(11-7-8-12-24)31(28,29)20-10-9-16(2)17(3)13-20/h9-10,13-14H,6-8,11-12,15H2,1-5H3. The summed E-state index contributed by atoms with van der Waals surface area (Å²) in [5.41, 5.74) is 4.12. The van der Waals surface area contributed by atoms with Gasteiger partial charge in [-0.15, -0.1) is 0 Å². The van der Waals surface area contributed by atoms with Crippen molar-refractivity contribution in [2.24, 2.45) is 0 Å². The first-order valence-corrected chi connectivity index (χ1v) is 12.2. The minimum Gasteiger partial charge on any atom is -0.456 e. The van der Waals surface area contributed by atoms with Gasteiger partial charge in [0.1, 0.15) is 0 Å². The summed E-state index contributed by atoms with van der Waals surface area (Å²) in [7, 11) is -3.96. The maximum atomic E-state index is 13.5. The Labute approximate surface area is 184 Å². The predicted molar refractivity (Wildman–Crippen MR) is 119 cm³/mol. The lowest BCUT2D eigenvalue weighted by Crippen LogP contribution is -2.45. The molecule has 3 rings (SSSR count). The van der Waals surface area contributed by atoms with Crippen LogP contribution >= 0.6 is 0 Å². The molecule has 0 N–H and O–H groups in total. The third kappa shape index (κ3) is 3.95. The summed E-state index contributed by atoms with van der Waals surface area (Å²) < 4.78 is 32.8. The molecule has 1 fully saturated rings. The molecule has 1 saturated carbocycles. The Morgan fingerprint density at radius 2 is 1.68 bits per heavy atom. The van der Waals surface area contributed by atoms with Crippen LogP contribution in [0.3, 0.4) is 0 Å². The normalized spacial score (nSPS) is 15.8. The van der Waals surface area contributed by atoms with Crippen LogP contribution in [0.25, 0.3) is 0 Å². The summed E-state index contributed by atoms with van der Waals surface area (Å²) >= 11 is 0. The molecule has 0 unspecified atom stereocenters. The third-order valence-corrected chi connectivity index (χ3v) is 9.09. The average molecular weight is 446 g/mol. The van der Waals surface area contributed by atoms with Crippen molar-refractivity contribution in [3.05, 3.63) is 52.3 Å². The van der Waals surface area contributed by atoms with Crippen molar-refractivity contribution in [2.75, 3.05) is 6.61 Å². The highest BCUT2D eigenvalue weighted by Gasteiger charge is 2.54. The molecular weight excluding hydrogens is 414 g/mol. The number of carbonyl (C=O) groups is 2. The van der Waals surface area contributed by atoms with E-state index in [1.54, 1.807) is 24.3 Å². The van der Waals surface area contributed by atoms with Gasteiger partial charge in [-0.3, -0.25) is 9.59 Å². The molecule has 1 aliphatic rings. The summed E-state index contributed by atoms with van der Waals surface area (Å²) in [6.45, 7) is 9.80. The Morgan fingerprint density at radius 1 is 1.03 bits per heavy atom. The van der Waals surface area contributed by atoms with Crippen molar-refractivity contribution in [3.8, 4) is 0 Å². The van der Waals surface area contributed by atoms with E-state index in [0.29, 0.717) is 18.4 Å². The van der Waals surface area contributed by atoms with Gasteiger partial charge in [0.15, 0.2) is 21.2 Å². The number of hydrogen-bond donors (Lipinski definition) is 0. The maximum absolute atomic E-state index is 13.5. The highest BCUT2D eigenvalue weighted by atomic mass is 32.2. The number of Topliss-reactive ketones (excluding diaryl/α,β-unsaturated/α-hetero) is 1. The van der Waals surface area contributed by atoms with Gasteiger partial charge in [0.2, 0.25) is 5.78 Å². The molecule has 1 heterocycles. The quantitative estimate of drug-likeness (QED) is 0.470. The minimum atomic E-state index is -3.96. The average Bonchev–Trinajstić information content (AvgIpc) is 3.33. The van der Waals surface area contributed by atoms with E-state index in [-0.39, 0.29) is 23.5 Å². The number of nitrogens with zero attached hydrogens (tertiary/aromatic N) is 1. The summed E-state index contributed by atoms with van der Waals surface area (Å²) in [4.78, 5) is 26.0. The molecule has 0 spiro atoms. The Hall–Kier alpha value is -2.41. The van der Waals surface area contributed by atoms with E-state index in [9.17, 15) is 18.0 Å². The van der Waals surface area contributed by atoms with Crippen molar-refractivity contribution in [1.29, 1.82) is 0 Å². The van der Waals surface area contributed by atoms with E-state index in [0.717, 1.165) is 29.1 Å². The SMILES string of the molecule is CCn1c(C)cc(C(=O)COC(=O)C2(S(=O)(=O)c3ccc(C)c(C)c3)CCCC2)c1C. The summed E-state index contributed by atoms with van der Waals surface area (Å²) in [5.74, 6) is -1.14. The monoisotopic (exact) mass is 445 g/mol. The van der Waals surface area contributed by atoms with Gasteiger partial charge in [-0.05, 0) is 76.8 Å². The first kappa shape index (κ1) is 23.3. The van der Waals surface area contributed by atoms with Crippen LogP contribution in [0.2, 0.25) is 0 Å². The summed E-state index contributed by atoms with van der Waals surface area (Å²) in [5, 5.41) is 0. The van der Waals surface area contributed by atoms with Crippen molar-refractivity contribution in [1.82, 2.24) is 4.57 Å². The van der Waals surface area contributed by atoms with E-state index < -0.39 is 27.2 Å². The fourth-order valence-corrected chi connectivity index (χ4v) is 6.68. The van der Waals surface area contributed by atoms with Crippen molar-refractivity contribution in [2.45, 2.75) is 76.5 Å². The Morgan fingerprint density at radius 3 is 2.23 bits per heavy atom. The minimum absolute atomic E-state index is 0.132. The lowest BCUT2D eigenvalue weighted by atomic mass is 10.1. The predicted octanol–water partition coefficient (Wildman–Crippen LogP) is 4.25. The number of ether oxygens (including phenoxy) is 1. The summed E-state index contributed by atoms with van der Waals surface area (Å²) in [6.07, 6.45) is 1.68. The summed E-state index contributed by atoms with van der Waals surface area (Å²) in [6, 6.07) is 6.70. The zero-order valence-electron chi connectivity index (χ0n) is 18.9. The molecule has 168 valence electrons. The van der Waals surface area contributed by atoms with E-state index >= 15 is 0 Å².